The summed E-state index contributed by atoms with van der Waals surface area (Å²) in [7, 11) is 0. The van der Waals surface area contributed by atoms with Gasteiger partial charge in [0.1, 0.15) is 0 Å². The van der Waals surface area contributed by atoms with Crippen molar-refractivity contribution in [3.8, 4) is 0 Å². The molecule has 0 aromatic rings. The van der Waals surface area contributed by atoms with Gasteiger partial charge in [0.2, 0.25) is 0 Å². The Labute approximate surface area is 109 Å². The minimum Gasteiger partial charge on any atom is -0.364 e. The molecule has 100 valence electrons. The average molecular weight is 250 g/mol. The highest BCUT2D eigenvalue weighted by atomic mass is 16.6. The Morgan fingerprint density at radius 1 is 1.39 bits per heavy atom. The molecule has 2 aliphatic heterocycles. The van der Waals surface area contributed by atoms with Gasteiger partial charge in [0.15, 0.2) is 11.4 Å². The van der Waals surface area contributed by atoms with Crippen molar-refractivity contribution in [2.45, 2.75) is 63.4 Å². The number of hydrogen-bond acceptors (Lipinski definition) is 3. The van der Waals surface area contributed by atoms with Crippen LogP contribution in [0.2, 0.25) is 0 Å². The molecule has 0 bridgehead atoms. The van der Waals surface area contributed by atoms with E-state index in [2.05, 4.69) is 6.58 Å². The summed E-state index contributed by atoms with van der Waals surface area (Å²) in [4.78, 5) is 12.2. The zero-order valence-corrected chi connectivity index (χ0v) is 11.7. The van der Waals surface area contributed by atoms with Gasteiger partial charge in [-0.3, -0.25) is 4.79 Å². The fraction of sp³-hybridized carbons (Fsp3) is 0.667. The molecule has 0 aromatic heterocycles. The lowest BCUT2D eigenvalue weighted by molar-refractivity contribution is -0.190. The van der Waals surface area contributed by atoms with Crippen LogP contribution in [0.5, 0.6) is 0 Å². The predicted molar refractivity (Wildman–Crippen MR) is 70.4 cm³/mol. The summed E-state index contributed by atoms with van der Waals surface area (Å²) in [6.07, 6.45) is 6.71. The van der Waals surface area contributed by atoms with Crippen molar-refractivity contribution in [2.75, 3.05) is 0 Å². The van der Waals surface area contributed by atoms with Crippen molar-refractivity contribution >= 4 is 5.78 Å². The molecule has 3 heteroatoms. The molecule has 2 aliphatic rings. The van der Waals surface area contributed by atoms with E-state index in [-0.39, 0.29) is 17.5 Å². The monoisotopic (exact) mass is 250 g/mol. The van der Waals surface area contributed by atoms with Crippen LogP contribution in [0.15, 0.2) is 24.8 Å². The first-order valence-corrected chi connectivity index (χ1v) is 6.46. The third-order valence-electron chi connectivity index (χ3n) is 3.96. The van der Waals surface area contributed by atoms with Crippen LogP contribution < -0.4 is 0 Å². The predicted octanol–water partition coefficient (Wildman–Crippen LogP) is 2.80. The first kappa shape index (κ1) is 13.5. The largest absolute Gasteiger partial charge is 0.364 e. The molecule has 2 heterocycles. The second-order valence-corrected chi connectivity index (χ2v) is 6.17. The van der Waals surface area contributed by atoms with Gasteiger partial charge in [0.25, 0.3) is 0 Å². The van der Waals surface area contributed by atoms with Gasteiger partial charge in [-0.1, -0.05) is 6.08 Å². The highest BCUT2D eigenvalue weighted by molar-refractivity contribution is 5.98. The van der Waals surface area contributed by atoms with Crippen LogP contribution >= 0.6 is 0 Å². The third-order valence-corrected chi connectivity index (χ3v) is 3.96. The van der Waals surface area contributed by atoms with Crippen molar-refractivity contribution in [3.63, 3.8) is 0 Å². The van der Waals surface area contributed by atoms with Crippen LogP contribution in [-0.4, -0.2) is 28.7 Å². The molecule has 1 saturated heterocycles. The number of ketones is 1. The van der Waals surface area contributed by atoms with E-state index >= 15 is 0 Å². The molecular weight excluding hydrogens is 228 g/mol. The highest BCUT2D eigenvalue weighted by Crippen LogP contribution is 2.41. The van der Waals surface area contributed by atoms with Gasteiger partial charge in [0.05, 0.1) is 17.3 Å². The van der Waals surface area contributed by atoms with Crippen LogP contribution in [0.25, 0.3) is 0 Å². The summed E-state index contributed by atoms with van der Waals surface area (Å²) in [5.41, 5.74) is -1.67. The van der Waals surface area contributed by atoms with E-state index in [9.17, 15) is 4.79 Å². The second-order valence-electron chi connectivity index (χ2n) is 6.17. The van der Waals surface area contributed by atoms with Gasteiger partial charge in [-0.25, -0.2) is 0 Å². The lowest BCUT2D eigenvalue weighted by atomic mass is 9.86. The molecule has 3 atom stereocenters. The van der Waals surface area contributed by atoms with E-state index in [1.165, 1.54) is 0 Å². The van der Waals surface area contributed by atoms with Gasteiger partial charge in [-0.15, -0.1) is 6.58 Å². The van der Waals surface area contributed by atoms with Crippen molar-refractivity contribution in [2.24, 2.45) is 0 Å². The maximum absolute atomic E-state index is 12.2. The number of ether oxygens (including phenoxy) is 2. The smallest absolute Gasteiger partial charge is 0.189 e. The zero-order chi connectivity index (χ0) is 13.6. The van der Waals surface area contributed by atoms with Gasteiger partial charge < -0.3 is 9.47 Å². The van der Waals surface area contributed by atoms with Crippen LogP contribution in [0.1, 0.15) is 40.5 Å². The topological polar surface area (TPSA) is 35.5 Å². The Kier molecular flexibility index (Phi) is 3.03. The van der Waals surface area contributed by atoms with E-state index < -0.39 is 11.2 Å². The standard InChI is InChI=1S/C15H22O3/c1-6-14(4)10-8-12(17-14)15(5)11(16)7-9-13(2,3)18-15/h6-7,9,12H,1,8,10H2,2-5H3/t12-,14+,15+/m0/s1. The maximum Gasteiger partial charge on any atom is 0.189 e. The Bertz CT molecular complexity index is 410. The molecule has 0 radical (unpaired) electrons. The van der Waals surface area contributed by atoms with E-state index in [0.29, 0.717) is 0 Å². The fourth-order valence-electron chi connectivity index (χ4n) is 2.70. The Morgan fingerprint density at radius 3 is 2.61 bits per heavy atom. The summed E-state index contributed by atoms with van der Waals surface area (Å²) in [6, 6.07) is 0. The Balaban J connectivity index is 2.25. The minimum absolute atomic E-state index is 0.0138. The van der Waals surface area contributed by atoms with Crippen molar-refractivity contribution < 1.29 is 14.3 Å². The molecule has 0 amide bonds. The second kappa shape index (κ2) is 4.04. The fourth-order valence-corrected chi connectivity index (χ4v) is 2.70. The molecule has 0 unspecified atom stereocenters. The van der Waals surface area contributed by atoms with Crippen LogP contribution in [0, 0.1) is 0 Å². The number of hydrogen-bond donors (Lipinski definition) is 0. The van der Waals surface area contributed by atoms with Crippen LogP contribution in [-0.2, 0) is 14.3 Å². The molecule has 18 heavy (non-hydrogen) atoms. The van der Waals surface area contributed by atoms with E-state index in [0.717, 1.165) is 12.8 Å². The number of carbonyl (C=O) groups excluding carboxylic acids is 1. The first-order valence-electron chi connectivity index (χ1n) is 6.46. The van der Waals surface area contributed by atoms with Gasteiger partial charge in [0, 0.05) is 0 Å². The molecule has 0 aliphatic carbocycles. The maximum atomic E-state index is 12.2. The van der Waals surface area contributed by atoms with Crippen molar-refractivity contribution in [1.82, 2.24) is 0 Å². The average Bonchev–Trinajstić information content (AvgIpc) is 2.68. The van der Waals surface area contributed by atoms with Crippen LogP contribution in [0.3, 0.4) is 0 Å². The van der Waals surface area contributed by atoms with Gasteiger partial charge in [-0.2, -0.15) is 0 Å². The zero-order valence-electron chi connectivity index (χ0n) is 11.7. The Hall–Kier alpha value is -0.930. The quantitative estimate of drug-likeness (QED) is 0.707. The van der Waals surface area contributed by atoms with Crippen molar-refractivity contribution in [1.29, 1.82) is 0 Å². The van der Waals surface area contributed by atoms with Crippen LogP contribution in [0.4, 0.5) is 0 Å². The summed E-state index contributed by atoms with van der Waals surface area (Å²) < 4.78 is 12.0. The molecule has 2 rings (SSSR count). The molecule has 0 spiro atoms. The first-order chi connectivity index (χ1) is 8.21. The summed E-state index contributed by atoms with van der Waals surface area (Å²) in [6.45, 7) is 11.5. The van der Waals surface area contributed by atoms with Crippen molar-refractivity contribution in [3.05, 3.63) is 24.8 Å². The molecule has 3 nitrogen and oxygen atoms in total. The molecule has 0 N–H and O–H groups in total. The number of carbonyl (C=O) groups is 1. The summed E-state index contributed by atoms with van der Waals surface area (Å²) in [5, 5.41) is 0. The highest BCUT2D eigenvalue weighted by Gasteiger charge is 2.52. The minimum atomic E-state index is -0.890. The molecule has 0 aromatic carbocycles. The lowest BCUT2D eigenvalue weighted by Gasteiger charge is -2.42. The van der Waals surface area contributed by atoms with E-state index in [1.807, 2.05) is 33.8 Å². The normalized spacial score (nSPS) is 43.1. The molecule has 0 saturated carbocycles. The molecule has 1 fully saturated rings. The van der Waals surface area contributed by atoms with Gasteiger partial charge >= 0.3 is 0 Å². The summed E-state index contributed by atoms with van der Waals surface area (Å²) >= 11 is 0. The Morgan fingerprint density at radius 2 is 2.06 bits per heavy atom. The van der Waals surface area contributed by atoms with Gasteiger partial charge in [-0.05, 0) is 52.7 Å². The lowest BCUT2D eigenvalue weighted by Crippen LogP contribution is -2.55. The third kappa shape index (κ3) is 2.17. The summed E-state index contributed by atoms with van der Waals surface area (Å²) in [5.74, 6) is -0.0138. The molecular formula is C15H22O3. The number of rotatable bonds is 2. The van der Waals surface area contributed by atoms with E-state index in [4.69, 9.17) is 9.47 Å². The van der Waals surface area contributed by atoms with E-state index in [1.54, 1.807) is 12.2 Å². The SMILES string of the molecule is C=C[C@]1(C)CC[C@@H]([C@]2(C)OC(C)(C)C=CC2=O)O1.